The molecule has 21 heavy (non-hydrogen) atoms. The normalized spacial score (nSPS) is 26.6. The Balaban J connectivity index is 1.93. The van der Waals surface area contributed by atoms with E-state index in [1.165, 1.54) is 0 Å². The van der Waals surface area contributed by atoms with Crippen LogP contribution in [0.3, 0.4) is 0 Å². The highest BCUT2D eigenvalue weighted by molar-refractivity contribution is 6.08. The van der Waals surface area contributed by atoms with Crippen LogP contribution in [0.1, 0.15) is 23.5 Å². The van der Waals surface area contributed by atoms with Crippen LogP contribution in [-0.2, 0) is 19.9 Å². The third kappa shape index (κ3) is 1.56. The van der Waals surface area contributed by atoms with E-state index in [0.717, 1.165) is 16.8 Å². The molecule has 104 valence electrons. The Hall–Kier alpha value is -2.62. The molecule has 4 heteroatoms. The Labute approximate surface area is 121 Å². The molecule has 2 atom stereocenters. The molecule has 4 rings (SSSR count). The molecule has 0 saturated carbocycles. The molecule has 0 unspecified atom stereocenters. The van der Waals surface area contributed by atoms with Crippen molar-refractivity contribution in [2.24, 2.45) is 0 Å². The number of nitrogens with one attached hydrogen (secondary N) is 1. The molecule has 0 radical (unpaired) electrons. The van der Waals surface area contributed by atoms with Gasteiger partial charge in [-0.1, -0.05) is 48.5 Å². The average molecular weight is 279 g/mol. The number of anilines is 1. The van der Waals surface area contributed by atoms with E-state index in [1.54, 1.807) is 0 Å². The molecule has 1 saturated heterocycles. The van der Waals surface area contributed by atoms with Crippen LogP contribution < -0.4 is 5.32 Å². The van der Waals surface area contributed by atoms with Crippen LogP contribution in [0.2, 0.25) is 0 Å². The molecule has 1 amide bonds. The summed E-state index contributed by atoms with van der Waals surface area (Å²) in [7, 11) is 0. The summed E-state index contributed by atoms with van der Waals surface area (Å²) in [5.74, 6) is -0.894. The van der Waals surface area contributed by atoms with Crippen LogP contribution in [-0.4, -0.2) is 11.9 Å². The molecule has 2 aromatic carbocycles. The Bertz CT molecular complexity index is 741. The maximum absolute atomic E-state index is 12.6. The van der Waals surface area contributed by atoms with E-state index in [-0.39, 0.29) is 24.2 Å². The number of benzene rings is 2. The van der Waals surface area contributed by atoms with Crippen molar-refractivity contribution < 1.29 is 14.3 Å². The Morgan fingerprint density at radius 1 is 1.00 bits per heavy atom. The number of rotatable bonds is 1. The zero-order chi connectivity index (χ0) is 14.4. The van der Waals surface area contributed by atoms with Crippen molar-refractivity contribution in [3.05, 3.63) is 65.7 Å². The molecule has 1 fully saturated rings. The Kier molecular flexibility index (Phi) is 2.42. The molecule has 2 aliphatic rings. The molecule has 0 aliphatic carbocycles. The first-order chi connectivity index (χ1) is 10.2. The second kappa shape index (κ2) is 4.19. The molecular weight excluding hydrogens is 266 g/mol. The van der Waals surface area contributed by atoms with Crippen LogP contribution >= 0.6 is 0 Å². The quantitative estimate of drug-likeness (QED) is 0.816. The number of esters is 1. The number of para-hydroxylation sites is 1. The number of hydrogen-bond donors (Lipinski definition) is 1. The number of ether oxygens (including phenoxy) is 1. The summed E-state index contributed by atoms with van der Waals surface area (Å²) in [5, 5.41) is 2.83. The Morgan fingerprint density at radius 3 is 2.52 bits per heavy atom. The van der Waals surface area contributed by atoms with Gasteiger partial charge in [-0.15, -0.1) is 0 Å². The summed E-state index contributed by atoms with van der Waals surface area (Å²) in [4.78, 5) is 24.5. The van der Waals surface area contributed by atoms with Gasteiger partial charge in [-0.2, -0.15) is 0 Å². The maximum Gasteiger partial charge on any atom is 0.308 e. The molecule has 1 spiro atoms. The van der Waals surface area contributed by atoms with Crippen LogP contribution in [0.5, 0.6) is 0 Å². The predicted molar refractivity (Wildman–Crippen MR) is 76.6 cm³/mol. The van der Waals surface area contributed by atoms with Crippen molar-refractivity contribution in [2.45, 2.75) is 17.9 Å². The van der Waals surface area contributed by atoms with Crippen molar-refractivity contribution in [3.8, 4) is 0 Å². The molecule has 0 aromatic heterocycles. The van der Waals surface area contributed by atoms with Crippen LogP contribution in [0, 0.1) is 0 Å². The molecule has 4 nitrogen and oxygen atoms in total. The van der Waals surface area contributed by atoms with Gasteiger partial charge in [0.25, 0.3) is 5.91 Å². The van der Waals surface area contributed by atoms with Crippen molar-refractivity contribution in [2.75, 3.05) is 5.32 Å². The summed E-state index contributed by atoms with van der Waals surface area (Å²) in [5.41, 5.74) is 1.18. The summed E-state index contributed by atoms with van der Waals surface area (Å²) in [6, 6.07) is 17.0. The van der Waals surface area contributed by atoms with Gasteiger partial charge in [-0.05, 0) is 11.6 Å². The number of carbonyl (C=O) groups excluding carboxylic acids is 2. The first-order valence-corrected chi connectivity index (χ1v) is 6.89. The smallest absolute Gasteiger partial charge is 0.308 e. The maximum atomic E-state index is 12.6. The lowest BCUT2D eigenvalue weighted by Crippen LogP contribution is -2.38. The minimum absolute atomic E-state index is 0.214. The van der Waals surface area contributed by atoms with E-state index in [0.29, 0.717) is 0 Å². The van der Waals surface area contributed by atoms with Crippen LogP contribution in [0.4, 0.5) is 5.69 Å². The standard InChI is InChI=1S/C17H13NO3/c19-15-10-13(11-6-2-1-3-7-11)17(21-15)12-8-4-5-9-14(12)18-16(17)20/h1-9,13H,10H2,(H,18,20)/t13-,17+/m0/s1. The minimum atomic E-state index is -1.23. The highest BCUT2D eigenvalue weighted by atomic mass is 16.6. The summed E-state index contributed by atoms with van der Waals surface area (Å²) in [6.45, 7) is 0. The first kappa shape index (κ1) is 12.1. The minimum Gasteiger partial charge on any atom is -0.443 e. The first-order valence-electron chi connectivity index (χ1n) is 6.89. The second-order valence-electron chi connectivity index (χ2n) is 5.38. The van der Waals surface area contributed by atoms with Gasteiger partial charge >= 0.3 is 5.97 Å². The largest absolute Gasteiger partial charge is 0.443 e. The number of carbonyl (C=O) groups is 2. The van der Waals surface area contributed by atoms with Gasteiger partial charge in [0.2, 0.25) is 5.60 Å². The van der Waals surface area contributed by atoms with E-state index in [9.17, 15) is 9.59 Å². The average Bonchev–Trinajstić information content (AvgIpc) is 3.00. The second-order valence-corrected chi connectivity index (χ2v) is 5.38. The number of fused-ring (bicyclic) bond motifs is 2. The van der Waals surface area contributed by atoms with E-state index in [4.69, 9.17) is 4.74 Å². The predicted octanol–water partition coefficient (Wildman–Crippen LogP) is 2.56. The molecule has 1 N–H and O–H groups in total. The van der Waals surface area contributed by atoms with Crippen molar-refractivity contribution >= 4 is 17.6 Å². The van der Waals surface area contributed by atoms with Crippen molar-refractivity contribution in [1.82, 2.24) is 0 Å². The lowest BCUT2D eigenvalue weighted by molar-refractivity contribution is -0.156. The fourth-order valence-corrected chi connectivity index (χ4v) is 3.34. The van der Waals surface area contributed by atoms with Gasteiger partial charge < -0.3 is 10.1 Å². The van der Waals surface area contributed by atoms with Crippen molar-refractivity contribution in [3.63, 3.8) is 0 Å². The Morgan fingerprint density at radius 2 is 1.71 bits per heavy atom. The van der Waals surface area contributed by atoms with Gasteiger partial charge in [0.05, 0.1) is 6.42 Å². The molecular formula is C17H13NO3. The molecule has 2 heterocycles. The zero-order valence-corrected chi connectivity index (χ0v) is 11.2. The highest BCUT2D eigenvalue weighted by Gasteiger charge is 2.60. The summed E-state index contributed by atoms with van der Waals surface area (Å²) >= 11 is 0. The van der Waals surface area contributed by atoms with Gasteiger partial charge in [-0.25, -0.2) is 0 Å². The van der Waals surface area contributed by atoms with Crippen LogP contribution in [0.15, 0.2) is 54.6 Å². The highest BCUT2D eigenvalue weighted by Crippen LogP contribution is 2.53. The summed E-state index contributed by atoms with van der Waals surface area (Å²) < 4.78 is 5.56. The van der Waals surface area contributed by atoms with Gasteiger partial charge in [-0.3, -0.25) is 9.59 Å². The van der Waals surface area contributed by atoms with E-state index in [2.05, 4.69) is 5.32 Å². The van der Waals surface area contributed by atoms with Crippen molar-refractivity contribution in [1.29, 1.82) is 0 Å². The molecule has 2 aromatic rings. The molecule has 2 aliphatic heterocycles. The fourth-order valence-electron chi connectivity index (χ4n) is 3.34. The van der Waals surface area contributed by atoms with Gasteiger partial charge in [0.1, 0.15) is 0 Å². The third-order valence-electron chi connectivity index (χ3n) is 4.25. The number of hydrogen-bond acceptors (Lipinski definition) is 3. The summed E-state index contributed by atoms with van der Waals surface area (Å²) in [6.07, 6.45) is 0.214. The van der Waals surface area contributed by atoms with Crippen LogP contribution in [0.25, 0.3) is 0 Å². The zero-order valence-electron chi connectivity index (χ0n) is 11.2. The van der Waals surface area contributed by atoms with E-state index < -0.39 is 5.60 Å². The third-order valence-corrected chi connectivity index (χ3v) is 4.25. The lowest BCUT2D eigenvalue weighted by Gasteiger charge is -2.27. The monoisotopic (exact) mass is 279 g/mol. The van der Waals surface area contributed by atoms with Gasteiger partial charge in [0.15, 0.2) is 0 Å². The lowest BCUT2D eigenvalue weighted by atomic mass is 9.78. The molecule has 0 bridgehead atoms. The number of amides is 1. The van der Waals surface area contributed by atoms with E-state index >= 15 is 0 Å². The van der Waals surface area contributed by atoms with Gasteiger partial charge in [0, 0.05) is 17.2 Å². The fraction of sp³-hybridized carbons (Fsp3) is 0.176. The van der Waals surface area contributed by atoms with E-state index in [1.807, 2.05) is 54.6 Å². The topological polar surface area (TPSA) is 55.4 Å². The SMILES string of the molecule is O=C1C[C@@H](c2ccccc2)[C@@]2(O1)C(=O)Nc1ccccc12.